The van der Waals surface area contributed by atoms with Gasteiger partial charge in [-0.2, -0.15) is 0 Å². The third kappa shape index (κ3) is 4.93. The highest BCUT2D eigenvalue weighted by Gasteiger charge is 2.18. The number of aromatic nitrogens is 3. The Kier molecular flexibility index (Phi) is 6.33. The van der Waals surface area contributed by atoms with Crippen LogP contribution in [0.1, 0.15) is 12.8 Å². The molecule has 0 spiro atoms. The van der Waals surface area contributed by atoms with Crippen LogP contribution < -0.4 is 15.0 Å². The molecule has 5 aromatic rings. The van der Waals surface area contributed by atoms with Crippen molar-refractivity contribution in [2.75, 3.05) is 30.4 Å². The second kappa shape index (κ2) is 10.1. The number of pyridine rings is 1. The highest BCUT2D eigenvalue weighted by atomic mass is 35.5. The molecule has 6 nitrogen and oxygen atoms in total. The van der Waals surface area contributed by atoms with E-state index < -0.39 is 0 Å². The minimum Gasteiger partial charge on any atom is -0.497 e. The van der Waals surface area contributed by atoms with Gasteiger partial charge < -0.3 is 15.0 Å². The summed E-state index contributed by atoms with van der Waals surface area (Å²) < 4.78 is 5.33. The third-order valence-electron chi connectivity index (χ3n) is 6.65. The summed E-state index contributed by atoms with van der Waals surface area (Å²) in [5.74, 6) is 1.61. The van der Waals surface area contributed by atoms with E-state index in [0.717, 1.165) is 69.6 Å². The molecular formula is C30H26ClN5O. The maximum atomic E-state index is 6.14. The number of hydrogen-bond donors (Lipinski definition) is 1. The van der Waals surface area contributed by atoms with E-state index in [1.807, 2.05) is 48.5 Å². The summed E-state index contributed by atoms with van der Waals surface area (Å²) >= 11 is 6.14. The first-order valence-corrected chi connectivity index (χ1v) is 12.7. The predicted octanol–water partition coefficient (Wildman–Crippen LogP) is 7.36. The first-order valence-electron chi connectivity index (χ1n) is 12.4. The van der Waals surface area contributed by atoms with E-state index in [9.17, 15) is 0 Å². The standard InChI is InChI=1S/C30H26ClN5O/c1-37-24-11-6-21(7-12-24)28-19-27(34-30(35-28)36-16-2-3-17-36)20-4-9-23(10-5-20)33-26-14-15-32-29-18-22(31)8-13-25(26)29/h4-15,18-19H,2-3,16-17H2,1H3,(H,32,33). The fourth-order valence-electron chi connectivity index (χ4n) is 4.66. The Bertz CT molecular complexity index is 1550. The number of ether oxygens (including phenoxy) is 1. The van der Waals surface area contributed by atoms with Crippen molar-refractivity contribution in [2.45, 2.75) is 12.8 Å². The Morgan fingerprint density at radius 3 is 2.16 bits per heavy atom. The smallest absolute Gasteiger partial charge is 0.226 e. The molecule has 1 aliphatic heterocycles. The number of nitrogens with one attached hydrogen (secondary N) is 1. The molecule has 37 heavy (non-hydrogen) atoms. The zero-order chi connectivity index (χ0) is 25.2. The van der Waals surface area contributed by atoms with Gasteiger partial charge in [-0.1, -0.05) is 23.7 Å². The van der Waals surface area contributed by atoms with Gasteiger partial charge in [0.1, 0.15) is 5.75 Å². The summed E-state index contributed by atoms with van der Waals surface area (Å²) in [7, 11) is 1.68. The van der Waals surface area contributed by atoms with Crippen LogP contribution in [0, 0.1) is 0 Å². The van der Waals surface area contributed by atoms with Crippen LogP contribution in [-0.4, -0.2) is 35.2 Å². The molecule has 6 rings (SSSR count). The number of methoxy groups -OCH3 is 1. The monoisotopic (exact) mass is 507 g/mol. The highest BCUT2D eigenvalue weighted by Crippen LogP contribution is 2.31. The fourth-order valence-corrected chi connectivity index (χ4v) is 4.83. The van der Waals surface area contributed by atoms with E-state index in [2.05, 4.69) is 45.5 Å². The molecule has 1 saturated heterocycles. The van der Waals surface area contributed by atoms with Gasteiger partial charge in [-0.25, -0.2) is 9.97 Å². The molecule has 0 bridgehead atoms. The number of nitrogens with zero attached hydrogens (tertiary/aromatic N) is 4. The summed E-state index contributed by atoms with van der Waals surface area (Å²) in [6.07, 6.45) is 4.13. The molecule has 2 aromatic heterocycles. The van der Waals surface area contributed by atoms with Gasteiger partial charge in [0, 0.05) is 52.2 Å². The molecule has 0 saturated carbocycles. The molecule has 3 heterocycles. The van der Waals surface area contributed by atoms with Crippen molar-refractivity contribution in [3.8, 4) is 28.3 Å². The minimum atomic E-state index is 0.675. The Hall–Kier alpha value is -4.16. The largest absolute Gasteiger partial charge is 0.497 e. The number of anilines is 3. The topological polar surface area (TPSA) is 63.2 Å². The van der Waals surface area contributed by atoms with Crippen LogP contribution in [0.2, 0.25) is 5.02 Å². The van der Waals surface area contributed by atoms with Gasteiger partial charge in [-0.3, -0.25) is 4.98 Å². The van der Waals surface area contributed by atoms with E-state index in [4.69, 9.17) is 26.3 Å². The van der Waals surface area contributed by atoms with Crippen molar-refractivity contribution in [1.29, 1.82) is 0 Å². The number of benzene rings is 3. The number of rotatable bonds is 6. The summed E-state index contributed by atoms with van der Waals surface area (Å²) in [5.41, 5.74) is 6.69. The second-order valence-corrected chi connectivity index (χ2v) is 9.52. The summed E-state index contributed by atoms with van der Waals surface area (Å²) in [4.78, 5) is 16.6. The quantitative estimate of drug-likeness (QED) is 0.259. The molecule has 1 fully saturated rings. The van der Waals surface area contributed by atoms with Crippen LogP contribution in [-0.2, 0) is 0 Å². The molecule has 7 heteroatoms. The van der Waals surface area contributed by atoms with E-state index in [1.165, 1.54) is 12.8 Å². The van der Waals surface area contributed by atoms with Crippen LogP contribution in [0.4, 0.5) is 17.3 Å². The van der Waals surface area contributed by atoms with Gasteiger partial charge in [0.05, 0.1) is 24.0 Å². The van der Waals surface area contributed by atoms with E-state index in [1.54, 1.807) is 13.3 Å². The minimum absolute atomic E-state index is 0.675. The molecule has 0 unspecified atom stereocenters. The molecule has 184 valence electrons. The van der Waals surface area contributed by atoms with E-state index in [0.29, 0.717) is 5.02 Å². The second-order valence-electron chi connectivity index (χ2n) is 9.08. The summed E-state index contributed by atoms with van der Waals surface area (Å²) in [6, 6.07) is 26.1. The number of halogens is 1. The molecule has 1 N–H and O–H groups in total. The Morgan fingerprint density at radius 2 is 1.49 bits per heavy atom. The molecule has 0 amide bonds. The van der Waals surface area contributed by atoms with Crippen LogP contribution in [0.3, 0.4) is 0 Å². The van der Waals surface area contributed by atoms with Gasteiger partial charge in [0.25, 0.3) is 0 Å². The van der Waals surface area contributed by atoms with Crippen LogP contribution in [0.5, 0.6) is 5.75 Å². The number of hydrogen-bond acceptors (Lipinski definition) is 6. The van der Waals surface area contributed by atoms with Gasteiger partial charge in [-0.15, -0.1) is 0 Å². The molecule has 0 aliphatic carbocycles. The van der Waals surface area contributed by atoms with Crippen LogP contribution in [0.15, 0.2) is 85.1 Å². The van der Waals surface area contributed by atoms with Crippen molar-refractivity contribution in [1.82, 2.24) is 15.0 Å². The lowest BCUT2D eigenvalue weighted by atomic mass is 10.1. The summed E-state index contributed by atoms with van der Waals surface area (Å²) in [6.45, 7) is 1.97. The van der Waals surface area contributed by atoms with Crippen LogP contribution >= 0.6 is 11.6 Å². The first kappa shape index (κ1) is 23.3. The third-order valence-corrected chi connectivity index (χ3v) is 6.89. The van der Waals surface area contributed by atoms with Crippen molar-refractivity contribution in [3.05, 3.63) is 90.1 Å². The average molecular weight is 508 g/mol. The van der Waals surface area contributed by atoms with Crippen molar-refractivity contribution < 1.29 is 4.74 Å². The highest BCUT2D eigenvalue weighted by molar-refractivity contribution is 6.31. The van der Waals surface area contributed by atoms with Gasteiger partial charge in [0.15, 0.2) is 0 Å². The normalized spacial score (nSPS) is 13.2. The van der Waals surface area contributed by atoms with Gasteiger partial charge >= 0.3 is 0 Å². The number of fused-ring (bicyclic) bond motifs is 1. The molecule has 0 radical (unpaired) electrons. The first-order chi connectivity index (χ1) is 18.2. The van der Waals surface area contributed by atoms with Crippen molar-refractivity contribution in [2.24, 2.45) is 0 Å². The molecular weight excluding hydrogens is 482 g/mol. The average Bonchev–Trinajstić information content (AvgIpc) is 3.49. The molecule has 1 aliphatic rings. The van der Waals surface area contributed by atoms with Gasteiger partial charge in [-0.05, 0) is 79.6 Å². The predicted molar refractivity (Wildman–Crippen MR) is 151 cm³/mol. The maximum Gasteiger partial charge on any atom is 0.226 e. The zero-order valence-electron chi connectivity index (χ0n) is 20.5. The fraction of sp³-hybridized carbons (Fsp3) is 0.167. The van der Waals surface area contributed by atoms with E-state index in [-0.39, 0.29) is 0 Å². The SMILES string of the molecule is COc1ccc(-c2cc(-c3ccc(Nc4ccnc5cc(Cl)ccc45)cc3)nc(N3CCCC3)n2)cc1. The Balaban J connectivity index is 1.32. The Morgan fingerprint density at radius 1 is 0.811 bits per heavy atom. The Labute approximate surface area is 220 Å². The lowest BCUT2D eigenvalue weighted by molar-refractivity contribution is 0.415. The maximum absolute atomic E-state index is 6.14. The van der Waals surface area contributed by atoms with Crippen molar-refractivity contribution in [3.63, 3.8) is 0 Å². The lowest BCUT2D eigenvalue weighted by Gasteiger charge is -2.18. The molecule has 0 atom stereocenters. The van der Waals surface area contributed by atoms with Crippen molar-refractivity contribution >= 4 is 39.8 Å². The van der Waals surface area contributed by atoms with Crippen LogP contribution in [0.25, 0.3) is 33.4 Å². The molecule has 3 aromatic carbocycles. The lowest BCUT2D eigenvalue weighted by Crippen LogP contribution is -2.20. The van der Waals surface area contributed by atoms with Gasteiger partial charge in [0.2, 0.25) is 5.95 Å². The zero-order valence-corrected chi connectivity index (χ0v) is 21.2. The summed E-state index contributed by atoms with van der Waals surface area (Å²) in [5, 5.41) is 5.21. The van der Waals surface area contributed by atoms with E-state index >= 15 is 0 Å².